The maximum atomic E-state index is 10.7. The molecule has 50 valence electrons. The highest BCUT2D eigenvalue weighted by atomic mass is 16.2. The van der Waals surface area contributed by atoms with Crippen molar-refractivity contribution in [2.24, 2.45) is 4.99 Å². The molecule has 2 amide bonds. The second-order valence-corrected chi connectivity index (χ2v) is 1.96. The molecule has 1 aliphatic heterocycles. The molecule has 0 aromatic carbocycles. The predicted octanol–water partition coefficient (Wildman–Crippen LogP) is -0.0306. The molecular formula is C5H9N3O. The van der Waals surface area contributed by atoms with Crippen LogP contribution in [0.2, 0.25) is 0 Å². The molecule has 0 aromatic heterocycles. The van der Waals surface area contributed by atoms with E-state index in [-0.39, 0.29) is 6.03 Å². The van der Waals surface area contributed by atoms with Crippen LogP contribution in [0.15, 0.2) is 4.99 Å². The normalized spacial score (nSPS) is 21.1. The van der Waals surface area contributed by atoms with Crippen molar-refractivity contribution in [1.82, 2.24) is 10.0 Å². The van der Waals surface area contributed by atoms with Crippen LogP contribution in [0.3, 0.4) is 0 Å². The van der Waals surface area contributed by atoms with Gasteiger partial charge in [-0.3, -0.25) is 5.01 Å². The van der Waals surface area contributed by atoms with E-state index in [4.69, 9.17) is 0 Å². The molecule has 0 radical (unpaired) electrons. The lowest BCUT2D eigenvalue weighted by molar-refractivity contribution is 0.0795. The van der Waals surface area contributed by atoms with E-state index in [1.807, 2.05) is 7.05 Å². The van der Waals surface area contributed by atoms with Gasteiger partial charge in [0.2, 0.25) is 0 Å². The number of hydrogen-bond acceptors (Lipinski definition) is 2. The summed E-state index contributed by atoms with van der Waals surface area (Å²) in [6.07, 6.45) is 1.60. The van der Waals surface area contributed by atoms with Crippen LogP contribution in [0.5, 0.6) is 0 Å². The quantitative estimate of drug-likeness (QED) is 0.458. The molecule has 0 bridgehead atoms. The molecular weight excluding hydrogens is 118 g/mol. The lowest BCUT2D eigenvalue weighted by atomic mass is 10.6. The van der Waals surface area contributed by atoms with Crippen molar-refractivity contribution in [3.8, 4) is 0 Å². The number of aliphatic imine (C=N–C) groups is 1. The first-order valence-electron chi connectivity index (χ1n) is 2.73. The van der Waals surface area contributed by atoms with Crippen molar-refractivity contribution in [2.75, 3.05) is 20.6 Å². The zero-order valence-corrected chi connectivity index (χ0v) is 5.53. The van der Waals surface area contributed by atoms with Crippen molar-refractivity contribution in [1.29, 1.82) is 0 Å². The monoisotopic (exact) mass is 127 g/mol. The van der Waals surface area contributed by atoms with Crippen molar-refractivity contribution >= 4 is 12.2 Å². The van der Waals surface area contributed by atoms with E-state index in [0.717, 1.165) is 0 Å². The molecule has 0 N–H and O–H groups in total. The van der Waals surface area contributed by atoms with Gasteiger partial charge >= 0.3 is 6.03 Å². The maximum Gasteiger partial charge on any atom is 0.357 e. The summed E-state index contributed by atoms with van der Waals surface area (Å²) in [6.45, 7) is 0.711. The van der Waals surface area contributed by atoms with Crippen molar-refractivity contribution in [2.45, 2.75) is 0 Å². The van der Waals surface area contributed by atoms with Gasteiger partial charge in [-0.2, -0.15) is 0 Å². The van der Waals surface area contributed by atoms with E-state index in [1.165, 1.54) is 5.01 Å². The lowest BCUT2D eigenvalue weighted by Crippen LogP contribution is -2.43. The van der Waals surface area contributed by atoms with Gasteiger partial charge in [-0.15, -0.1) is 0 Å². The fourth-order valence-electron chi connectivity index (χ4n) is 0.589. The van der Waals surface area contributed by atoms with Gasteiger partial charge in [-0.1, -0.05) is 0 Å². The van der Waals surface area contributed by atoms with Gasteiger partial charge in [0.25, 0.3) is 0 Å². The molecule has 4 heteroatoms. The SMILES string of the molecule is CN1CC=NC(=O)N1C. The zero-order chi connectivity index (χ0) is 6.85. The number of hydrogen-bond donors (Lipinski definition) is 0. The number of carbonyl (C=O) groups excluding carboxylic acids is 1. The summed E-state index contributed by atoms with van der Waals surface area (Å²) in [5, 5.41) is 3.26. The second-order valence-electron chi connectivity index (χ2n) is 1.96. The van der Waals surface area contributed by atoms with Crippen LogP contribution in [0, 0.1) is 0 Å². The van der Waals surface area contributed by atoms with Gasteiger partial charge in [0.15, 0.2) is 0 Å². The maximum absolute atomic E-state index is 10.7. The molecule has 0 aliphatic carbocycles. The number of amides is 2. The standard InChI is InChI=1S/C5H9N3O/c1-7-4-3-6-5(9)8(7)2/h3H,4H2,1-2H3. The Bertz CT molecular complexity index is 154. The average molecular weight is 127 g/mol. The Morgan fingerprint density at radius 1 is 1.67 bits per heavy atom. The Kier molecular flexibility index (Phi) is 1.48. The van der Waals surface area contributed by atoms with E-state index in [1.54, 1.807) is 18.3 Å². The number of urea groups is 1. The number of nitrogens with zero attached hydrogens (tertiary/aromatic N) is 3. The largest absolute Gasteiger partial charge is 0.357 e. The van der Waals surface area contributed by atoms with Crippen LogP contribution in [0.1, 0.15) is 0 Å². The Morgan fingerprint density at radius 3 is 2.78 bits per heavy atom. The summed E-state index contributed by atoms with van der Waals surface area (Å²) < 4.78 is 0. The minimum atomic E-state index is -0.205. The Morgan fingerprint density at radius 2 is 2.33 bits per heavy atom. The van der Waals surface area contributed by atoms with Crippen LogP contribution in [-0.4, -0.2) is 42.9 Å². The second kappa shape index (κ2) is 2.14. The van der Waals surface area contributed by atoms with E-state index >= 15 is 0 Å². The van der Waals surface area contributed by atoms with E-state index < -0.39 is 0 Å². The van der Waals surface area contributed by atoms with E-state index in [0.29, 0.717) is 6.54 Å². The summed E-state index contributed by atoms with van der Waals surface area (Å²) in [5.41, 5.74) is 0. The predicted molar refractivity (Wildman–Crippen MR) is 34.3 cm³/mol. The highest BCUT2D eigenvalue weighted by Crippen LogP contribution is 1.97. The smallest absolute Gasteiger partial charge is 0.258 e. The molecule has 1 heterocycles. The molecule has 0 atom stereocenters. The Labute approximate surface area is 53.7 Å². The number of rotatable bonds is 0. The molecule has 9 heavy (non-hydrogen) atoms. The highest BCUT2D eigenvalue weighted by Gasteiger charge is 2.14. The minimum Gasteiger partial charge on any atom is -0.258 e. The summed E-state index contributed by atoms with van der Waals surface area (Å²) >= 11 is 0. The fraction of sp³-hybridized carbons (Fsp3) is 0.600. The van der Waals surface area contributed by atoms with Gasteiger partial charge < -0.3 is 0 Å². The summed E-state index contributed by atoms with van der Waals surface area (Å²) in [5.74, 6) is 0. The third-order valence-corrected chi connectivity index (χ3v) is 1.34. The van der Waals surface area contributed by atoms with Crippen LogP contribution < -0.4 is 0 Å². The van der Waals surface area contributed by atoms with Gasteiger partial charge in [-0.05, 0) is 0 Å². The third kappa shape index (κ3) is 1.08. The molecule has 4 nitrogen and oxygen atoms in total. The van der Waals surface area contributed by atoms with Gasteiger partial charge in [0.1, 0.15) is 0 Å². The average Bonchev–Trinajstić information content (AvgIpc) is 1.83. The third-order valence-electron chi connectivity index (χ3n) is 1.34. The van der Waals surface area contributed by atoms with Gasteiger partial charge in [0.05, 0.1) is 6.54 Å². The van der Waals surface area contributed by atoms with Crippen molar-refractivity contribution in [3.05, 3.63) is 0 Å². The van der Waals surface area contributed by atoms with Crippen LogP contribution >= 0.6 is 0 Å². The molecule has 0 saturated carbocycles. The molecule has 0 unspecified atom stereocenters. The molecule has 1 aliphatic rings. The topological polar surface area (TPSA) is 35.9 Å². The molecule has 0 saturated heterocycles. The van der Waals surface area contributed by atoms with Crippen molar-refractivity contribution < 1.29 is 4.79 Å². The summed E-state index contributed by atoms with van der Waals surface area (Å²) in [6, 6.07) is -0.205. The van der Waals surface area contributed by atoms with Gasteiger partial charge in [-0.25, -0.2) is 14.8 Å². The molecule has 0 aromatic rings. The Balaban J connectivity index is 2.69. The van der Waals surface area contributed by atoms with Crippen LogP contribution in [0.25, 0.3) is 0 Å². The molecule has 0 fully saturated rings. The van der Waals surface area contributed by atoms with Crippen LogP contribution in [-0.2, 0) is 0 Å². The van der Waals surface area contributed by atoms with E-state index in [9.17, 15) is 4.79 Å². The molecule has 1 rings (SSSR count). The number of carbonyl (C=O) groups is 1. The molecule has 0 spiro atoms. The minimum absolute atomic E-state index is 0.205. The van der Waals surface area contributed by atoms with Gasteiger partial charge in [0, 0.05) is 20.3 Å². The van der Waals surface area contributed by atoms with E-state index in [2.05, 4.69) is 4.99 Å². The fourth-order valence-corrected chi connectivity index (χ4v) is 0.589. The zero-order valence-electron chi connectivity index (χ0n) is 5.53. The van der Waals surface area contributed by atoms with Crippen LogP contribution in [0.4, 0.5) is 4.79 Å². The lowest BCUT2D eigenvalue weighted by Gasteiger charge is -2.27. The Hall–Kier alpha value is -0.900. The first kappa shape index (κ1) is 6.22. The summed E-state index contributed by atoms with van der Waals surface area (Å²) in [7, 11) is 3.53. The summed E-state index contributed by atoms with van der Waals surface area (Å²) in [4.78, 5) is 14.3. The number of hydrazine groups is 1. The van der Waals surface area contributed by atoms with Crippen molar-refractivity contribution in [3.63, 3.8) is 0 Å². The first-order chi connectivity index (χ1) is 4.22. The first-order valence-corrected chi connectivity index (χ1v) is 2.73. The highest BCUT2D eigenvalue weighted by molar-refractivity contribution is 5.85.